The fourth-order valence-electron chi connectivity index (χ4n) is 3.53. The summed E-state index contributed by atoms with van der Waals surface area (Å²) < 4.78 is 18.6. The molecule has 4 rings (SSSR count). The molecule has 26 heavy (non-hydrogen) atoms. The lowest BCUT2D eigenvalue weighted by atomic mass is 9.82. The Bertz CT molecular complexity index is 985. The first-order chi connectivity index (χ1) is 12.4. The molecular weight excluding hydrogens is 339 g/mol. The molecule has 1 heterocycles. The van der Waals surface area contributed by atoms with Crippen LogP contribution in [-0.4, -0.2) is 0 Å². The topological polar surface area (TPSA) is 26.3 Å². The summed E-state index contributed by atoms with van der Waals surface area (Å²) in [6.07, 6.45) is 0.870. The van der Waals surface area contributed by atoms with Crippen LogP contribution < -0.4 is 9.83 Å². The molecule has 132 valence electrons. The Balaban J connectivity index is 1.92. The molecule has 0 amide bonds. The van der Waals surface area contributed by atoms with Gasteiger partial charge in [0.05, 0.1) is 5.30 Å². The van der Waals surface area contributed by atoms with E-state index in [9.17, 15) is 4.57 Å². The van der Waals surface area contributed by atoms with Gasteiger partial charge in [0.15, 0.2) is 0 Å². The third-order valence-corrected chi connectivity index (χ3v) is 6.11. The van der Waals surface area contributed by atoms with E-state index in [0.717, 1.165) is 34.2 Å². The highest BCUT2D eigenvalue weighted by molar-refractivity contribution is 7.49. The highest BCUT2D eigenvalue weighted by Crippen LogP contribution is 2.48. The van der Waals surface area contributed by atoms with Gasteiger partial charge in [0.2, 0.25) is 0 Å². The van der Waals surface area contributed by atoms with E-state index in [1.54, 1.807) is 0 Å². The lowest BCUT2D eigenvalue weighted by molar-refractivity contribution is 0.493. The summed E-state index contributed by atoms with van der Waals surface area (Å²) in [6.45, 7) is 6.53. The van der Waals surface area contributed by atoms with Crippen LogP contribution in [0.1, 0.15) is 37.5 Å². The number of hydrogen-bond donors (Lipinski definition) is 0. The van der Waals surface area contributed by atoms with Gasteiger partial charge in [-0.2, -0.15) is 0 Å². The van der Waals surface area contributed by atoms with Gasteiger partial charge < -0.3 is 4.52 Å². The van der Waals surface area contributed by atoms with Crippen LogP contribution in [-0.2, 0) is 16.4 Å². The average molecular weight is 362 g/mol. The maximum absolute atomic E-state index is 12.7. The second kappa shape index (κ2) is 6.45. The zero-order chi connectivity index (χ0) is 18.3. The van der Waals surface area contributed by atoms with E-state index in [4.69, 9.17) is 4.52 Å². The molecule has 1 aliphatic rings. The molecule has 0 N–H and O–H groups in total. The molecule has 0 saturated heterocycles. The Morgan fingerprint density at radius 2 is 1.54 bits per heavy atom. The third kappa shape index (κ3) is 3.10. The summed E-state index contributed by atoms with van der Waals surface area (Å²) in [7, 11) is -2.26. The molecule has 1 atom stereocenters. The zero-order valence-electron chi connectivity index (χ0n) is 15.4. The fourth-order valence-corrected chi connectivity index (χ4v) is 4.72. The van der Waals surface area contributed by atoms with Gasteiger partial charge in [-0.15, -0.1) is 0 Å². The number of hydrogen-bond acceptors (Lipinski definition) is 2. The van der Waals surface area contributed by atoms with Gasteiger partial charge in [-0.05, 0) is 40.7 Å². The summed E-state index contributed by atoms with van der Waals surface area (Å²) in [5.41, 5.74) is 5.66. The minimum absolute atomic E-state index is 0.0921. The monoisotopic (exact) mass is 362 g/mol. The molecule has 1 aliphatic heterocycles. The quantitative estimate of drug-likeness (QED) is 0.544. The normalized spacial score (nSPS) is 15.7. The molecule has 0 spiro atoms. The molecule has 0 radical (unpaired) electrons. The van der Waals surface area contributed by atoms with Gasteiger partial charge in [-0.1, -0.05) is 75.4 Å². The molecular formula is C23H23O2P. The van der Waals surface area contributed by atoms with Crippen molar-refractivity contribution in [3.05, 3.63) is 83.4 Å². The predicted molar refractivity (Wildman–Crippen MR) is 109 cm³/mol. The van der Waals surface area contributed by atoms with Crippen molar-refractivity contribution in [2.45, 2.75) is 32.6 Å². The molecule has 1 unspecified atom stereocenters. The molecule has 3 heteroatoms. The molecule has 3 aromatic carbocycles. The summed E-state index contributed by atoms with van der Waals surface area (Å²) in [5.74, 6) is 0.789. The van der Waals surface area contributed by atoms with Crippen LogP contribution in [0.15, 0.2) is 66.7 Å². The van der Waals surface area contributed by atoms with Crippen molar-refractivity contribution in [1.82, 2.24) is 0 Å². The summed E-state index contributed by atoms with van der Waals surface area (Å²) in [4.78, 5) is 0. The van der Waals surface area contributed by atoms with E-state index < -0.39 is 8.03 Å². The largest absolute Gasteiger partial charge is 0.441 e. The lowest BCUT2D eigenvalue weighted by Gasteiger charge is -2.29. The van der Waals surface area contributed by atoms with Gasteiger partial charge in [-0.3, -0.25) is 4.57 Å². The number of rotatable bonds is 2. The Morgan fingerprint density at radius 3 is 2.27 bits per heavy atom. The lowest BCUT2D eigenvalue weighted by Crippen LogP contribution is -2.18. The van der Waals surface area contributed by atoms with Crippen molar-refractivity contribution >= 4 is 13.3 Å². The Kier molecular flexibility index (Phi) is 4.25. The van der Waals surface area contributed by atoms with Crippen molar-refractivity contribution < 1.29 is 9.09 Å². The van der Waals surface area contributed by atoms with Gasteiger partial charge in [0.25, 0.3) is 8.03 Å². The minimum Gasteiger partial charge on any atom is -0.441 e. The van der Waals surface area contributed by atoms with E-state index in [0.29, 0.717) is 0 Å². The Hall–Kier alpha value is -2.31. The van der Waals surface area contributed by atoms with E-state index in [-0.39, 0.29) is 5.41 Å². The molecule has 3 aromatic rings. The SMILES string of the molecule is CC(C)(C)c1cc(Cc2ccccc2)cc2c1O[PH](=O)c1ccccc1-2. The van der Waals surface area contributed by atoms with Gasteiger partial charge >= 0.3 is 0 Å². The highest BCUT2D eigenvalue weighted by atomic mass is 31.1. The standard InChI is InChI=1S/C23H23O2P/c1-23(2,3)20-15-17(13-16-9-5-4-6-10-16)14-19-18-11-7-8-12-21(18)26(24)25-22(19)20/h4-12,14-15,26H,13H2,1-3H3. The first-order valence-corrected chi connectivity index (χ1v) is 10.3. The van der Waals surface area contributed by atoms with Crippen LogP contribution in [0, 0.1) is 0 Å². The molecule has 0 aromatic heterocycles. The van der Waals surface area contributed by atoms with Gasteiger partial charge in [-0.25, -0.2) is 0 Å². The predicted octanol–water partition coefficient (Wildman–Crippen LogP) is 5.73. The highest BCUT2D eigenvalue weighted by Gasteiger charge is 2.29. The average Bonchev–Trinajstić information content (AvgIpc) is 2.62. The van der Waals surface area contributed by atoms with Crippen LogP contribution in [0.25, 0.3) is 11.1 Å². The first-order valence-electron chi connectivity index (χ1n) is 8.96. The van der Waals surface area contributed by atoms with Crippen molar-refractivity contribution in [2.75, 3.05) is 0 Å². The molecule has 0 saturated carbocycles. The first kappa shape index (κ1) is 17.1. The smallest absolute Gasteiger partial charge is 0.266 e. The van der Waals surface area contributed by atoms with E-state index in [1.165, 1.54) is 11.1 Å². The van der Waals surface area contributed by atoms with Crippen molar-refractivity contribution in [3.8, 4) is 16.9 Å². The summed E-state index contributed by atoms with van der Waals surface area (Å²) in [6, 6.07) is 22.8. The molecule has 0 bridgehead atoms. The zero-order valence-corrected chi connectivity index (χ0v) is 16.4. The van der Waals surface area contributed by atoms with Crippen LogP contribution in [0.2, 0.25) is 0 Å². The summed E-state index contributed by atoms with van der Waals surface area (Å²) in [5, 5.41) is 0.821. The second-order valence-electron chi connectivity index (χ2n) is 7.87. The Morgan fingerprint density at radius 1 is 0.846 bits per heavy atom. The van der Waals surface area contributed by atoms with Crippen molar-refractivity contribution in [1.29, 1.82) is 0 Å². The van der Waals surface area contributed by atoms with Crippen LogP contribution in [0.4, 0.5) is 0 Å². The van der Waals surface area contributed by atoms with Crippen molar-refractivity contribution in [3.63, 3.8) is 0 Å². The number of fused-ring (bicyclic) bond motifs is 3. The van der Waals surface area contributed by atoms with E-state index >= 15 is 0 Å². The van der Waals surface area contributed by atoms with Crippen molar-refractivity contribution in [2.24, 2.45) is 0 Å². The molecule has 0 fully saturated rings. The second-order valence-corrected chi connectivity index (χ2v) is 9.19. The summed E-state index contributed by atoms with van der Waals surface area (Å²) >= 11 is 0. The van der Waals surface area contributed by atoms with E-state index in [2.05, 4.69) is 63.2 Å². The Labute approximate surface area is 155 Å². The van der Waals surface area contributed by atoms with Crippen LogP contribution >= 0.6 is 8.03 Å². The van der Waals surface area contributed by atoms with Gasteiger partial charge in [0, 0.05) is 11.1 Å². The van der Waals surface area contributed by atoms with Crippen LogP contribution in [0.3, 0.4) is 0 Å². The number of benzene rings is 3. The fraction of sp³-hybridized carbons (Fsp3) is 0.217. The molecule has 0 aliphatic carbocycles. The molecule has 2 nitrogen and oxygen atoms in total. The van der Waals surface area contributed by atoms with E-state index in [1.807, 2.05) is 24.3 Å². The van der Waals surface area contributed by atoms with Gasteiger partial charge in [0.1, 0.15) is 5.75 Å². The minimum atomic E-state index is -2.26. The van der Waals surface area contributed by atoms with Crippen LogP contribution in [0.5, 0.6) is 5.75 Å². The maximum Gasteiger partial charge on any atom is 0.266 e. The third-order valence-electron chi connectivity index (χ3n) is 4.84. The maximum atomic E-state index is 12.7.